The van der Waals surface area contributed by atoms with Crippen LogP contribution < -0.4 is 0 Å². The summed E-state index contributed by atoms with van der Waals surface area (Å²) in [6.07, 6.45) is -0.825. The van der Waals surface area contributed by atoms with Crippen molar-refractivity contribution in [2.24, 2.45) is 5.92 Å². The van der Waals surface area contributed by atoms with E-state index in [1.807, 2.05) is 30.3 Å². The summed E-state index contributed by atoms with van der Waals surface area (Å²) in [4.78, 5) is 24.7. The number of hydrogen-bond acceptors (Lipinski definition) is 4. The van der Waals surface area contributed by atoms with E-state index in [9.17, 15) is 19.8 Å². The summed E-state index contributed by atoms with van der Waals surface area (Å²) in [5.74, 6) is -0.929. The van der Waals surface area contributed by atoms with E-state index < -0.39 is 24.2 Å². The van der Waals surface area contributed by atoms with Gasteiger partial charge in [-0.15, -0.1) is 0 Å². The molecule has 1 saturated heterocycles. The van der Waals surface area contributed by atoms with E-state index in [-0.39, 0.29) is 18.6 Å². The zero-order chi connectivity index (χ0) is 15.0. The zero-order valence-electron chi connectivity index (χ0n) is 11.4. The van der Waals surface area contributed by atoms with Crippen LogP contribution in [-0.4, -0.2) is 45.4 Å². The molecule has 3 rings (SSSR count). The number of amides is 1. The molecule has 0 aromatic heterocycles. The molecule has 1 aromatic rings. The number of carbonyl (C=O) groups is 2. The summed E-state index contributed by atoms with van der Waals surface area (Å²) in [6, 6.07) is 8.04. The van der Waals surface area contributed by atoms with Gasteiger partial charge in [0.2, 0.25) is 0 Å². The molecule has 2 fully saturated rings. The van der Waals surface area contributed by atoms with Crippen LogP contribution in [0, 0.1) is 5.92 Å². The molecule has 2 N–H and O–H groups in total. The summed E-state index contributed by atoms with van der Waals surface area (Å²) in [7, 11) is 0. The molecule has 2 bridgehead atoms. The molecular formula is C15H17NO5. The molecule has 1 heterocycles. The van der Waals surface area contributed by atoms with Gasteiger partial charge in [0.25, 0.3) is 0 Å². The number of hydrogen-bond donors (Lipinski definition) is 2. The Bertz CT molecular complexity index is 546. The molecule has 0 radical (unpaired) electrons. The molecule has 6 heteroatoms. The van der Waals surface area contributed by atoms with Crippen molar-refractivity contribution in [2.75, 3.05) is 0 Å². The molecule has 0 unspecified atom stereocenters. The zero-order valence-corrected chi connectivity index (χ0v) is 11.4. The van der Waals surface area contributed by atoms with E-state index in [1.54, 1.807) is 0 Å². The smallest absolute Gasteiger partial charge is 0.408 e. The topological polar surface area (TPSA) is 87.1 Å². The van der Waals surface area contributed by atoms with E-state index in [2.05, 4.69) is 0 Å². The Morgan fingerprint density at radius 2 is 1.95 bits per heavy atom. The fourth-order valence-corrected chi connectivity index (χ4v) is 3.40. The van der Waals surface area contributed by atoms with Gasteiger partial charge in [-0.25, -0.2) is 9.59 Å². The van der Waals surface area contributed by atoms with Crippen LogP contribution in [0.15, 0.2) is 30.3 Å². The van der Waals surface area contributed by atoms with Crippen LogP contribution in [0.2, 0.25) is 0 Å². The molecule has 4 atom stereocenters. The molecule has 0 spiro atoms. The van der Waals surface area contributed by atoms with Crippen LogP contribution in [0.4, 0.5) is 4.79 Å². The highest BCUT2D eigenvalue weighted by molar-refractivity contribution is 5.82. The van der Waals surface area contributed by atoms with E-state index in [4.69, 9.17) is 4.74 Å². The van der Waals surface area contributed by atoms with Crippen LogP contribution in [-0.2, 0) is 16.1 Å². The molecule has 1 saturated carbocycles. The Kier molecular flexibility index (Phi) is 3.55. The molecule has 1 aliphatic heterocycles. The summed E-state index contributed by atoms with van der Waals surface area (Å²) in [5, 5.41) is 19.2. The van der Waals surface area contributed by atoms with E-state index >= 15 is 0 Å². The van der Waals surface area contributed by atoms with Crippen molar-refractivity contribution in [1.29, 1.82) is 0 Å². The van der Waals surface area contributed by atoms with Crippen LogP contribution in [0.25, 0.3) is 0 Å². The minimum absolute atomic E-state index is 0.108. The first-order chi connectivity index (χ1) is 10.1. The van der Waals surface area contributed by atoms with Crippen molar-refractivity contribution >= 4 is 12.1 Å². The number of ether oxygens (including phenoxy) is 1. The predicted molar refractivity (Wildman–Crippen MR) is 72.4 cm³/mol. The predicted octanol–water partition coefficient (Wildman–Crippen LogP) is 1.23. The number of aliphatic hydroxyl groups is 1. The molecule has 6 nitrogen and oxygen atoms in total. The second kappa shape index (κ2) is 5.37. The standard InChI is InChI=1S/C15H17NO5/c17-12-7-10-6-11(12)13(16(10)15(19)20)14(18)21-8-9-4-2-1-3-5-9/h1-5,10-13,17H,6-8H2,(H,19,20)/t10-,11+,12+,13-/m0/s1. The lowest BCUT2D eigenvalue weighted by atomic mass is 9.96. The van der Waals surface area contributed by atoms with Crippen molar-refractivity contribution < 1.29 is 24.5 Å². The monoisotopic (exact) mass is 291 g/mol. The number of aliphatic hydroxyl groups excluding tert-OH is 1. The first-order valence-corrected chi connectivity index (χ1v) is 6.98. The highest BCUT2D eigenvalue weighted by atomic mass is 16.5. The highest BCUT2D eigenvalue weighted by Gasteiger charge is 2.56. The minimum Gasteiger partial charge on any atom is -0.465 e. The summed E-state index contributed by atoms with van der Waals surface area (Å²) < 4.78 is 5.24. The van der Waals surface area contributed by atoms with Gasteiger partial charge in [0.1, 0.15) is 12.6 Å². The summed E-state index contributed by atoms with van der Waals surface area (Å²) >= 11 is 0. The van der Waals surface area contributed by atoms with E-state index in [0.29, 0.717) is 12.8 Å². The van der Waals surface area contributed by atoms with Gasteiger partial charge < -0.3 is 14.9 Å². The number of piperidine rings is 1. The minimum atomic E-state index is -1.13. The van der Waals surface area contributed by atoms with Crippen molar-refractivity contribution in [2.45, 2.75) is 37.6 Å². The normalized spacial score (nSPS) is 30.4. The maximum atomic E-state index is 12.2. The maximum absolute atomic E-state index is 12.2. The molecule has 1 aromatic carbocycles. The number of rotatable bonds is 3. The van der Waals surface area contributed by atoms with Gasteiger partial charge in [-0.05, 0) is 18.4 Å². The van der Waals surface area contributed by atoms with Crippen LogP contribution >= 0.6 is 0 Å². The van der Waals surface area contributed by atoms with Gasteiger partial charge in [0, 0.05) is 12.0 Å². The lowest BCUT2D eigenvalue weighted by Gasteiger charge is -2.33. The molecule has 1 aliphatic carbocycles. The second-order valence-electron chi connectivity index (χ2n) is 5.58. The number of likely N-dealkylation sites (tertiary alicyclic amines) is 1. The number of carbonyl (C=O) groups excluding carboxylic acids is 1. The summed E-state index contributed by atoms with van der Waals surface area (Å²) in [5.41, 5.74) is 0.844. The lowest BCUT2D eigenvalue weighted by molar-refractivity contribution is -0.154. The number of fused-ring (bicyclic) bond motifs is 2. The fraction of sp³-hybridized carbons (Fsp3) is 0.467. The van der Waals surface area contributed by atoms with Crippen molar-refractivity contribution in [3.63, 3.8) is 0 Å². The Hall–Kier alpha value is -2.08. The average Bonchev–Trinajstić information content (AvgIpc) is 3.02. The van der Waals surface area contributed by atoms with Crippen LogP contribution in [0.3, 0.4) is 0 Å². The number of esters is 1. The largest absolute Gasteiger partial charge is 0.465 e. The lowest BCUT2D eigenvalue weighted by Crippen LogP contribution is -2.52. The Morgan fingerprint density at radius 3 is 2.62 bits per heavy atom. The maximum Gasteiger partial charge on any atom is 0.408 e. The van der Waals surface area contributed by atoms with Gasteiger partial charge in [-0.3, -0.25) is 4.90 Å². The van der Waals surface area contributed by atoms with Gasteiger partial charge in [-0.2, -0.15) is 0 Å². The molecule has 1 amide bonds. The second-order valence-corrected chi connectivity index (χ2v) is 5.58. The summed E-state index contributed by atoms with van der Waals surface area (Å²) in [6.45, 7) is 0.108. The Morgan fingerprint density at radius 1 is 1.24 bits per heavy atom. The van der Waals surface area contributed by atoms with Crippen LogP contribution in [0.1, 0.15) is 18.4 Å². The first-order valence-electron chi connectivity index (χ1n) is 6.98. The third-order valence-electron chi connectivity index (χ3n) is 4.34. The van der Waals surface area contributed by atoms with Crippen molar-refractivity contribution in [3.8, 4) is 0 Å². The number of carboxylic acid groups (broad SMARTS) is 1. The van der Waals surface area contributed by atoms with E-state index in [0.717, 1.165) is 10.5 Å². The van der Waals surface area contributed by atoms with Gasteiger partial charge in [-0.1, -0.05) is 30.3 Å². The first kappa shape index (κ1) is 13.9. The average molecular weight is 291 g/mol. The SMILES string of the molecule is O=C(OCc1ccccc1)[C@@H]1[C@@H]2C[C@@H](C[C@H]2O)N1C(=O)O. The quantitative estimate of drug-likeness (QED) is 0.818. The van der Waals surface area contributed by atoms with E-state index in [1.165, 1.54) is 0 Å². The third kappa shape index (κ3) is 2.47. The Labute approximate surface area is 121 Å². The van der Waals surface area contributed by atoms with Crippen LogP contribution in [0.5, 0.6) is 0 Å². The molecule has 2 aliphatic rings. The molecular weight excluding hydrogens is 274 g/mol. The number of nitrogens with zero attached hydrogens (tertiary/aromatic N) is 1. The Balaban J connectivity index is 1.69. The van der Waals surface area contributed by atoms with Crippen molar-refractivity contribution in [1.82, 2.24) is 4.90 Å². The number of benzene rings is 1. The fourth-order valence-electron chi connectivity index (χ4n) is 3.40. The van der Waals surface area contributed by atoms with Gasteiger partial charge in [0.05, 0.1) is 6.10 Å². The van der Waals surface area contributed by atoms with Gasteiger partial charge >= 0.3 is 12.1 Å². The van der Waals surface area contributed by atoms with Crippen molar-refractivity contribution in [3.05, 3.63) is 35.9 Å². The highest BCUT2D eigenvalue weighted by Crippen LogP contribution is 2.43. The molecule has 112 valence electrons. The van der Waals surface area contributed by atoms with Gasteiger partial charge in [0.15, 0.2) is 0 Å². The third-order valence-corrected chi connectivity index (χ3v) is 4.34. The molecule has 21 heavy (non-hydrogen) atoms.